The van der Waals surface area contributed by atoms with E-state index in [1.165, 1.54) is 12.8 Å². The monoisotopic (exact) mass is 96.1 g/mol. The van der Waals surface area contributed by atoms with Gasteiger partial charge in [0.1, 0.15) is 6.72 Å². The molecule has 0 unspecified atom stereocenters. The van der Waals surface area contributed by atoms with Crippen LogP contribution in [0.25, 0.3) is 0 Å². The summed E-state index contributed by atoms with van der Waals surface area (Å²) in [6.07, 6.45) is 4.38. The zero-order valence-electron chi connectivity index (χ0n) is 4.43. The molecule has 1 fully saturated rings. The first-order valence-corrected chi connectivity index (χ1v) is 2.56. The molecule has 0 aromatic rings. The van der Waals surface area contributed by atoms with Crippen LogP contribution in [0.4, 0.5) is 0 Å². The Hall–Kier alpha value is -0.590. The molecule has 1 rings (SSSR count). The highest BCUT2D eigenvalue weighted by molar-refractivity contribution is 5.16. The van der Waals surface area contributed by atoms with Crippen molar-refractivity contribution < 1.29 is 4.58 Å². The van der Waals surface area contributed by atoms with Gasteiger partial charge in [-0.25, -0.2) is 4.58 Å². The summed E-state index contributed by atoms with van der Waals surface area (Å²) < 4.78 is 1.92. The second-order valence-electron chi connectivity index (χ2n) is 1.93. The molecule has 0 aromatic carbocycles. The van der Waals surface area contributed by atoms with E-state index in [1.807, 2.05) is 4.58 Å². The molecule has 0 amide bonds. The van der Waals surface area contributed by atoms with E-state index in [0.29, 0.717) is 0 Å². The van der Waals surface area contributed by atoms with E-state index < -0.39 is 0 Å². The van der Waals surface area contributed by atoms with Gasteiger partial charge in [0.05, 0.1) is 0 Å². The Morgan fingerprint density at radius 1 is 1.57 bits per heavy atom. The lowest BCUT2D eigenvalue weighted by Crippen LogP contribution is -2.00. The molecule has 0 bridgehead atoms. The Kier molecular flexibility index (Phi) is 0.970. The zero-order chi connectivity index (χ0) is 5.28. The summed E-state index contributed by atoms with van der Waals surface area (Å²) in [5, 5.41) is 0. The standard InChI is InChI=1S/C6H10N/c1-3-7(2)6-4-5-6/h3,6H,1-2,4-5H2/q+1. The van der Waals surface area contributed by atoms with Crippen molar-refractivity contribution >= 4 is 6.72 Å². The van der Waals surface area contributed by atoms with Crippen LogP contribution in [-0.4, -0.2) is 17.3 Å². The van der Waals surface area contributed by atoms with Gasteiger partial charge < -0.3 is 0 Å². The maximum absolute atomic E-state index is 3.73. The highest BCUT2D eigenvalue weighted by atomic mass is 15.0. The summed E-state index contributed by atoms with van der Waals surface area (Å²) >= 11 is 0. The van der Waals surface area contributed by atoms with Crippen molar-refractivity contribution in [3.05, 3.63) is 12.8 Å². The maximum atomic E-state index is 3.73. The van der Waals surface area contributed by atoms with Crippen LogP contribution in [0.5, 0.6) is 0 Å². The average molecular weight is 96.2 g/mol. The van der Waals surface area contributed by atoms with E-state index in [2.05, 4.69) is 13.3 Å². The summed E-state index contributed by atoms with van der Waals surface area (Å²) in [4.78, 5) is 0. The molecule has 1 saturated carbocycles. The van der Waals surface area contributed by atoms with Crippen LogP contribution in [0, 0.1) is 0 Å². The number of hydrogen-bond acceptors (Lipinski definition) is 0. The van der Waals surface area contributed by atoms with Gasteiger partial charge in [-0.05, 0) is 6.58 Å². The van der Waals surface area contributed by atoms with E-state index in [1.54, 1.807) is 6.20 Å². The molecule has 0 aromatic heterocycles. The van der Waals surface area contributed by atoms with Crippen LogP contribution < -0.4 is 0 Å². The SMILES string of the molecule is C=C[N+](=C)C1CC1. The fourth-order valence-electron chi connectivity index (χ4n) is 0.555. The molecule has 0 heterocycles. The van der Waals surface area contributed by atoms with Gasteiger partial charge in [-0.1, -0.05) is 0 Å². The smallest absolute Gasteiger partial charge is 0.161 e. The maximum Gasteiger partial charge on any atom is 0.161 e. The normalized spacial score (nSPS) is 18.9. The van der Waals surface area contributed by atoms with Crippen molar-refractivity contribution in [3.63, 3.8) is 0 Å². The van der Waals surface area contributed by atoms with Gasteiger partial charge in [0, 0.05) is 12.8 Å². The van der Waals surface area contributed by atoms with Crippen molar-refractivity contribution in [3.8, 4) is 0 Å². The molecule has 0 saturated heterocycles. The molecule has 0 spiro atoms. The minimum atomic E-state index is 0.720. The lowest BCUT2D eigenvalue weighted by molar-refractivity contribution is -0.462. The van der Waals surface area contributed by atoms with Gasteiger partial charge in [0.15, 0.2) is 12.2 Å². The van der Waals surface area contributed by atoms with Crippen molar-refractivity contribution in [1.29, 1.82) is 0 Å². The highest BCUT2D eigenvalue weighted by Gasteiger charge is 2.30. The molecule has 1 nitrogen and oxygen atoms in total. The summed E-state index contributed by atoms with van der Waals surface area (Å²) in [5.41, 5.74) is 0. The first-order chi connectivity index (χ1) is 3.34. The summed E-state index contributed by atoms with van der Waals surface area (Å²) in [6.45, 7) is 7.32. The first-order valence-electron chi connectivity index (χ1n) is 2.56. The highest BCUT2D eigenvalue weighted by Crippen LogP contribution is 2.22. The van der Waals surface area contributed by atoms with Gasteiger partial charge >= 0.3 is 0 Å². The van der Waals surface area contributed by atoms with E-state index in [-0.39, 0.29) is 0 Å². The van der Waals surface area contributed by atoms with Crippen LogP contribution in [-0.2, 0) is 0 Å². The minimum Gasteiger partial charge on any atom is -0.210 e. The molecule has 7 heavy (non-hydrogen) atoms. The molecule has 1 aliphatic rings. The fraction of sp³-hybridized carbons (Fsp3) is 0.500. The summed E-state index contributed by atoms with van der Waals surface area (Å²) in [5.74, 6) is 0. The van der Waals surface area contributed by atoms with Gasteiger partial charge in [-0.3, -0.25) is 0 Å². The van der Waals surface area contributed by atoms with Crippen LogP contribution >= 0.6 is 0 Å². The van der Waals surface area contributed by atoms with Gasteiger partial charge in [-0.15, -0.1) is 0 Å². The minimum absolute atomic E-state index is 0.720. The largest absolute Gasteiger partial charge is 0.210 e. The van der Waals surface area contributed by atoms with Gasteiger partial charge in [-0.2, -0.15) is 0 Å². The molecule has 0 aliphatic heterocycles. The predicted molar refractivity (Wildman–Crippen MR) is 30.6 cm³/mol. The Morgan fingerprint density at radius 3 is 2.29 bits per heavy atom. The number of nitrogens with zero attached hydrogens (tertiary/aromatic N) is 1. The van der Waals surface area contributed by atoms with Crippen molar-refractivity contribution in [2.75, 3.05) is 0 Å². The van der Waals surface area contributed by atoms with Gasteiger partial charge in [0.2, 0.25) is 0 Å². The van der Waals surface area contributed by atoms with E-state index >= 15 is 0 Å². The number of rotatable bonds is 2. The Morgan fingerprint density at radius 2 is 2.14 bits per heavy atom. The van der Waals surface area contributed by atoms with Crippen molar-refractivity contribution in [2.45, 2.75) is 18.9 Å². The first kappa shape index (κ1) is 4.57. The molecule has 0 atom stereocenters. The summed E-state index contributed by atoms with van der Waals surface area (Å²) in [6, 6.07) is 0.720. The van der Waals surface area contributed by atoms with Crippen molar-refractivity contribution in [1.82, 2.24) is 0 Å². The molecule has 1 aliphatic carbocycles. The molecular formula is C6H10N+. The second-order valence-corrected chi connectivity index (χ2v) is 1.93. The van der Waals surface area contributed by atoms with Crippen LogP contribution in [0.15, 0.2) is 12.8 Å². The van der Waals surface area contributed by atoms with E-state index in [4.69, 9.17) is 0 Å². The Bertz CT molecular complexity index is 101. The third-order valence-corrected chi connectivity index (χ3v) is 1.25. The third-order valence-electron chi connectivity index (χ3n) is 1.25. The Labute approximate surface area is 44.0 Å². The lowest BCUT2D eigenvalue weighted by Gasteiger charge is -1.83. The second kappa shape index (κ2) is 1.49. The fourth-order valence-corrected chi connectivity index (χ4v) is 0.555. The molecule has 1 heteroatoms. The average Bonchev–Trinajstić information content (AvgIpc) is 2.44. The summed E-state index contributed by atoms with van der Waals surface area (Å²) in [7, 11) is 0. The van der Waals surface area contributed by atoms with Crippen LogP contribution in [0.2, 0.25) is 0 Å². The topological polar surface area (TPSA) is 3.01 Å². The van der Waals surface area contributed by atoms with E-state index in [0.717, 1.165) is 6.04 Å². The molecular weight excluding hydrogens is 86.1 g/mol. The lowest BCUT2D eigenvalue weighted by atomic mass is 10.7. The van der Waals surface area contributed by atoms with Crippen molar-refractivity contribution in [2.24, 2.45) is 0 Å². The molecule has 0 N–H and O–H groups in total. The van der Waals surface area contributed by atoms with Gasteiger partial charge in [0.25, 0.3) is 0 Å². The Balaban J connectivity index is 2.37. The van der Waals surface area contributed by atoms with Crippen LogP contribution in [0.3, 0.4) is 0 Å². The zero-order valence-corrected chi connectivity index (χ0v) is 4.43. The molecule has 38 valence electrons. The quantitative estimate of drug-likeness (QED) is 0.356. The third kappa shape index (κ3) is 0.889. The van der Waals surface area contributed by atoms with E-state index in [9.17, 15) is 0 Å². The molecule has 0 radical (unpaired) electrons. The predicted octanol–water partition coefficient (Wildman–Crippen LogP) is 1.01. The van der Waals surface area contributed by atoms with Crippen LogP contribution in [0.1, 0.15) is 12.8 Å². The number of hydrogen-bond donors (Lipinski definition) is 0.